The summed E-state index contributed by atoms with van der Waals surface area (Å²) >= 11 is 2.25. The zero-order valence-corrected chi connectivity index (χ0v) is 16.2. The molecule has 0 unspecified atom stereocenters. The van der Waals surface area contributed by atoms with E-state index >= 15 is 0 Å². The number of halogens is 1. The molecule has 2 heterocycles. The van der Waals surface area contributed by atoms with Gasteiger partial charge in [0, 0.05) is 14.8 Å². The first-order valence-corrected chi connectivity index (χ1v) is 9.20. The Labute approximate surface area is 164 Å². The Bertz CT molecular complexity index is 984. The number of aryl methyl sites for hydroxylation is 1. The van der Waals surface area contributed by atoms with Crippen molar-refractivity contribution in [1.82, 2.24) is 10.2 Å². The Morgan fingerprint density at radius 1 is 1.15 bits per heavy atom. The lowest BCUT2D eigenvalue weighted by Gasteiger charge is -2.18. The van der Waals surface area contributed by atoms with Gasteiger partial charge in [-0.15, -0.1) is 0 Å². The van der Waals surface area contributed by atoms with Gasteiger partial charge in [-0.25, -0.2) is 0 Å². The third kappa shape index (κ3) is 3.26. The molecule has 1 aliphatic rings. The molecular formula is C19H16IN3O3. The lowest BCUT2D eigenvalue weighted by Crippen LogP contribution is -2.15. The average Bonchev–Trinajstić information content (AvgIpc) is 3.14. The molecule has 0 saturated heterocycles. The standard InChI is InChI=1S/C19H16IN3O3/c1-11-2-4-13(9-15(11)20)22-19(24)14-10-21-23-18(14)12-3-5-16-17(8-12)26-7-6-25-16/h2-5,8-10H,6-7H2,1H3,(H,21,23)(H,22,24). The Balaban J connectivity index is 1.62. The van der Waals surface area contributed by atoms with Gasteiger partial charge >= 0.3 is 0 Å². The van der Waals surface area contributed by atoms with Crippen LogP contribution in [0, 0.1) is 10.5 Å². The van der Waals surface area contributed by atoms with Crippen LogP contribution in [0.1, 0.15) is 15.9 Å². The Morgan fingerprint density at radius 3 is 2.77 bits per heavy atom. The van der Waals surface area contributed by atoms with Crippen molar-refractivity contribution in [2.24, 2.45) is 0 Å². The zero-order valence-electron chi connectivity index (χ0n) is 14.0. The molecule has 132 valence electrons. The number of carbonyl (C=O) groups is 1. The molecule has 3 aromatic rings. The minimum absolute atomic E-state index is 0.219. The molecular weight excluding hydrogens is 445 g/mol. The van der Waals surface area contributed by atoms with Gasteiger partial charge in [0.05, 0.1) is 17.5 Å². The van der Waals surface area contributed by atoms with Gasteiger partial charge in [0.1, 0.15) is 13.2 Å². The third-order valence-corrected chi connectivity index (χ3v) is 5.31. The summed E-state index contributed by atoms with van der Waals surface area (Å²) in [7, 11) is 0. The maximum Gasteiger partial charge on any atom is 0.259 e. The monoisotopic (exact) mass is 461 g/mol. The molecule has 0 saturated carbocycles. The van der Waals surface area contributed by atoms with Gasteiger partial charge in [0.2, 0.25) is 0 Å². The fourth-order valence-electron chi connectivity index (χ4n) is 2.75. The topological polar surface area (TPSA) is 76.2 Å². The summed E-state index contributed by atoms with van der Waals surface area (Å²) in [6.45, 7) is 3.08. The highest BCUT2D eigenvalue weighted by atomic mass is 127. The van der Waals surface area contributed by atoms with Crippen LogP contribution in [0.4, 0.5) is 5.69 Å². The van der Waals surface area contributed by atoms with E-state index in [1.807, 2.05) is 43.3 Å². The van der Waals surface area contributed by atoms with Crippen molar-refractivity contribution in [3.05, 3.63) is 57.3 Å². The number of nitrogens with one attached hydrogen (secondary N) is 2. The molecule has 1 aliphatic heterocycles. The van der Waals surface area contributed by atoms with Gasteiger partial charge in [-0.2, -0.15) is 5.10 Å². The summed E-state index contributed by atoms with van der Waals surface area (Å²) < 4.78 is 12.3. The Hall–Kier alpha value is -2.55. The summed E-state index contributed by atoms with van der Waals surface area (Å²) in [4.78, 5) is 12.7. The number of aromatic nitrogens is 2. The summed E-state index contributed by atoms with van der Waals surface area (Å²) in [6.07, 6.45) is 1.53. The van der Waals surface area contributed by atoms with Crippen molar-refractivity contribution in [1.29, 1.82) is 0 Å². The van der Waals surface area contributed by atoms with Crippen molar-refractivity contribution in [2.75, 3.05) is 18.5 Å². The van der Waals surface area contributed by atoms with E-state index in [4.69, 9.17) is 9.47 Å². The molecule has 0 atom stereocenters. The van der Waals surface area contributed by atoms with Gasteiger partial charge in [0.25, 0.3) is 5.91 Å². The first-order chi connectivity index (χ1) is 12.6. The van der Waals surface area contributed by atoms with Crippen molar-refractivity contribution in [2.45, 2.75) is 6.92 Å². The van der Waals surface area contributed by atoms with Crippen LogP contribution in [0.3, 0.4) is 0 Å². The van der Waals surface area contributed by atoms with E-state index in [1.165, 1.54) is 11.8 Å². The van der Waals surface area contributed by atoms with Gasteiger partial charge in [-0.1, -0.05) is 6.07 Å². The molecule has 0 spiro atoms. The van der Waals surface area contributed by atoms with Crippen LogP contribution in [0.2, 0.25) is 0 Å². The molecule has 2 aromatic carbocycles. The number of rotatable bonds is 3. The van der Waals surface area contributed by atoms with Gasteiger partial charge in [-0.3, -0.25) is 9.89 Å². The first kappa shape index (κ1) is 16.9. The van der Waals surface area contributed by atoms with Crippen LogP contribution in [0.25, 0.3) is 11.3 Å². The summed E-state index contributed by atoms with van der Waals surface area (Å²) in [6, 6.07) is 11.4. The second-order valence-corrected chi connectivity index (χ2v) is 7.10. The maximum atomic E-state index is 12.7. The van der Waals surface area contributed by atoms with E-state index in [9.17, 15) is 4.79 Å². The largest absolute Gasteiger partial charge is 0.486 e. The quantitative estimate of drug-likeness (QED) is 0.578. The van der Waals surface area contributed by atoms with Crippen LogP contribution >= 0.6 is 22.6 Å². The van der Waals surface area contributed by atoms with Crippen LogP contribution in [-0.2, 0) is 0 Å². The maximum absolute atomic E-state index is 12.7. The van der Waals surface area contributed by atoms with Crippen molar-refractivity contribution < 1.29 is 14.3 Å². The molecule has 1 aromatic heterocycles. The molecule has 0 radical (unpaired) electrons. The number of hydrogen-bond donors (Lipinski definition) is 2. The number of hydrogen-bond acceptors (Lipinski definition) is 4. The molecule has 26 heavy (non-hydrogen) atoms. The number of anilines is 1. The highest BCUT2D eigenvalue weighted by Crippen LogP contribution is 2.35. The molecule has 0 fully saturated rings. The summed E-state index contributed by atoms with van der Waals surface area (Å²) in [5.41, 5.74) is 3.84. The minimum Gasteiger partial charge on any atom is -0.486 e. The fourth-order valence-corrected chi connectivity index (χ4v) is 3.26. The Kier molecular flexibility index (Phi) is 4.54. The second kappa shape index (κ2) is 6.99. The predicted octanol–water partition coefficient (Wildman–Crippen LogP) is 4.01. The minimum atomic E-state index is -0.219. The third-order valence-electron chi connectivity index (χ3n) is 4.14. The average molecular weight is 461 g/mol. The smallest absolute Gasteiger partial charge is 0.259 e. The van der Waals surface area contributed by atoms with Crippen LogP contribution < -0.4 is 14.8 Å². The highest BCUT2D eigenvalue weighted by Gasteiger charge is 2.19. The van der Waals surface area contributed by atoms with Gasteiger partial charge < -0.3 is 14.8 Å². The lowest BCUT2D eigenvalue weighted by molar-refractivity contribution is 0.102. The molecule has 0 bridgehead atoms. The zero-order chi connectivity index (χ0) is 18.1. The molecule has 4 rings (SSSR count). The Morgan fingerprint density at radius 2 is 1.96 bits per heavy atom. The van der Waals surface area contributed by atoms with Crippen molar-refractivity contribution >= 4 is 34.2 Å². The van der Waals surface area contributed by atoms with Crippen LogP contribution in [0.15, 0.2) is 42.6 Å². The van der Waals surface area contributed by atoms with E-state index < -0.39 is 0 Å². The van der Waals surface area contributed by atoms with Gasteiger partial charge in [0.15, 0.2) is 11.5 Å². The molecule has 6 nitrogen and oxygen atoms in total. The van der Waals surface area contributed by atoms with E-state index in [0.717, 1.165) is 14.8 Å². The molecule has 7 heteroatoms. The van der Waals surface area contributed by atoms with E-state index in [0.29, 0.717) is 36.0 Å². The number of amides is 1. The number of benzene rings is 2. The highest BCUT2D eigenvalue weighted by molar-refractivity contribution is 14.1. The van der Waals surface area contributed by atoms with Crippen molar-refractivity contribution in [3.63, 3.8) is 0 Å². The summed E-state index contributed by atoms with van der Waals surface area (Å²) in [5.74, 6) is 1.16. The number of fused-ring (bicyclic) bond motifs is 1. The van der Waals surface area contributed by atoms with Crippen LogP contribution in [-0.4, -0.2) is 29.3 Å². The van der Waals surface area contributed by atoms with E-state index in [2.05, 4.69) is 38.1 Å². The number of H-pyrrole nitrogens is 1. The summed E-state index contributed by atoms with van der Waals surface area (Å²) in [5, 5.41) is 9.88. The predicted molar refractivity (Wildman–Crippen MR) is 107 cm³/mol. The van der Waals surface area contributed by atoms with Crippen molar-refractivity contribution in [3.8, 4) is 22.8 Å². The number of carbonyl (C=O) groups excluding carboxylic acids is 1. The number of nitrogens with zero attached hydrogens (tertiary/aromatic N) is 1. The van der Waals surface area contributed by atoms with Gasteiger partial charge in [-0.05, 0) is 65.4 Å². The molecule has 1 amide bonds. The second-order valence-electron chi connectivity index (χ2n) is 5.94. The van der Waals surface area contributed by atoms with E-state index in [1.54, 1.807) is 0 Å². The van der Waals surface area contributed by atoms with E-state index in [-0.39, 0.29) is 5.91 Å². The number of ether oxygens (including phenoxy) is 2. The molecule has 2 N–H and O–H groups in total. The molecule has 0 aliphatic carbocycles. The fraction of sp³-hybridized carbons (Fsp3) is 0.158. The lowest BCUT2D eigenvalue weighted by atomic mass is 10.1. The first-order valence-electron chi connectivity index (χ1n) is 8.13. The number of aromatic amines is 1. The van der Waals surface area contributed by atoms with Crippen LogP contribution in [0.5, 0.6) is 11.5 Å². The SMILES string of the molecule is Cc1ccc(NC(=O)c2cn[nH]c2-c2ccc3c(c2)OCCO3)cc1I. The normalized spacial score (nSPS) is 12.7.